The van der Waals surface area contributed by atoms with Gasteiger partial charge >= 0.3 is 5.97 Å². The second-order valence-corrected chi connectivity index (χ2v) is 5.54. The van der Waals surface area contributed by atoms with Gasteiger partial charge in [0.25, 0.3) is 0 Å². The van der Waals surface area contributed by atoms with Crippen LogP contribution in [0.1, 0.15) is 37.0 Å². The number of carbonyl (C=O) groups is 1. The number of nitriles is 1. The lowest BCUT2D eigenvalue weighted by atomic mass is 9.94. The third-order valence-corrected chi connectivity index (χ3v) is 2.56. The second kappa shape index (κ2) is 4.82. The van der Waals surface area contributed by atoms with E-state index in [-0.39, 0.29) is 16.9 Å². The van der Waals surface area contributed by atoms with E-state index in [9.17, 15) is 10.1 Å². The molecule has 20 heavy (non-hydrogen) atoms. The lowest BCUT2D eigenvalue weighted by molar-refractivity contribution is 0.0697. The van der Waals surface area contributed by atoms with E-state index in [1.165, 1.54) is 12.1 Å². The Labute approximate surface area is 116 Å². The summed E-state index contributed by atoms with van der Waals surface area (Å²) in [5, 5.41) is 18.1. The van der Waals surface area contributed by atoms with Gasteiger partial charge in [0.05, 0.1) is 5.56 Å². The molecule has 1 aromatic carbocycles. The zero-order chi connectivity index (χ0) is 14.9. The molecule has 0 aliphatic carbocycles. The molecule has 0 amide bonds. The minimum absolute atomic E-state index is 0.124. The Kier molecular flexibility index (Phi) is 3.33. The van der Waals surface area contributed by atoms with E-state index in [4.69, 9.17) is 9.52 Å². The number of carboxylic acids is 1. The lowest BCUT2D eigenvalue weighted by Gasteiger charge is -2.11. The largest absolute Gasteiger partial charge is 0.478 e. The van der Waals surface area contributed by atoms with Crippen molar-refractivity contribution in [2.24, 2.45) is 5.41 Å². The first-order valence-corrected chi connectivity index (χ1v) is 6.07. The molecule has 1 heterocycles. The van der Waals surface area contributed by atoms with Crippen LogP contribution in [-0.4, -0.2) is 16.1 Å². The Morgan fingerprint density at radius 1 is 1.45 bits per heavy atom. The zero-order valence-electron chi connectivity index (χ0n) is 11.5. The topological polar surface area (TPSA) is 87.1 Å². The van der Waals surface area contributed by atoms with Gasteiger partial charge in [-0.1, -0.05) is 26.8 Å². The van der Waals surface area contributed by atoms with Crippen molar-refractivity contribution in [2.45, 2.75) is 20.8 Å². The van der Waals surface area contributed by atoms with Crippen LogP contribution in [0.15, 0.2) is 28.7 Å². The highest BCUT2D eigenvalue weighted by atomic mass is 16.4. The first-order chi connectivity index (χ1) is 9.30. The predicted octanol–water partition coefficient (Wildman–Crippen LogP) is 3.48. The summed E-state index contributed by atoms with van der Waals surface area (Å²) in [4.78, 5) is 15.1. The summed E-state index contributed by atoms with van der Waals surface area (Å²) in [5.74, 6) is -0.824. The van der Waals surface area contributed by atoms with Gasteiger partial charge in [0.15, 0.2) is 5.58 Å². The van der Waals surface area contributed by atoms with Crippen LogP contribution >= 0.6 is 0 Å². The van der Waals surface area contributed by atoms with Crippen molar-refractivity contribution in [3.63, 3.8) is 0 Å². The molecule has 0 saturated carbocycles. The van der Waals surface area contributed by atoms with Crippen molar-refractivity contribution in [1.29, 1.82) is 5.26 Å². The van der Waals surface area contributed by atoms with Crippen LogP contribution in [0.2, 0.25) is 0 Å². The first-order valence-electron chi connectivity index (χ1n) is 6.07. The molecule has 1 N–H and O–H groups in total. The van der Waals surface area contributed by atoms with Gasteiger partial charge in [0, 0.05) is 0 Å². The minimum atomic E-state index is -1.03. The van der Waals surface area contributed by atoms with Crippen LogP contribution in [0.3, 0.4) is 0 Å². The van der Waals surface area contributed by atoms with E-state index in [2.05, 4.69) is 11.1 Å². The van der Waals surface area contributed by atoms with Crippen LogP contribution < -0.4 is 0 Å². The van der Waals surface area contributed by atoms with Crippen LogP contribution in [0.25, 0.3) is 16.7 Å². The van der Waals surface area contributed by atoms with Gasteiger partial charge in [0.2, 0.25) is 5.89 Å². The predicted molar refractivity (Wildman–Crippen MR) is 74.0 cm³/mol. The number of hydrogen-bond donors (Lipinski definition) is 1. The molecule has 0 atom stereocenters. The van der Waals surface area contributed by atoms with E-state index in [0.29, 0.717) is 16.7 Å². The molecule has 0 aliphatic heterocycles. The maximum atomic E-state index is 10.9. The van der Waals surface area contributed by atoms with Gasteiger partial charge in [0.1, 0.15) is 17.2 Å². The first kappa shape index (κ1) is 13.8. The monoisotopic (exact) mass is 270 g/mol. The fraction of sp³-hybridized carbons (Fsp3) is 0.267. The highest BCUT2D eigenvalue weighted by Crippen LogP contribution is 2.26. The molecule has 2 aromatic rings. The van der Waals surface area contributed by atoms with Gasteiger partial charge < -0.3 is 9.52 Å². The van der Waals surface area contributed by atoms with E-state index in [1.807, 2.05) is 20.8 Å². The number of hydrogen-bond acceptors (Lipinski definition) is 4. The summed E-state index contributed by atoms with van der Waals surface area (Å²) in [6.45, 7) is 5.90. The molecule has 0 unspecified atom stereocenters. The van der Waals surface area contributed by atoms with Crippen molar-refractivity contribution in [3.05, 3.63) is 35.7 Å². The smallest absolute Gasteiger partial charge is 0.335 e. The molecule has 0 fully saturated rings. The lowest BCUT2D eigenvalue weighted by Crippen LogP contribution is -2.00. The quantitative estimate of drug-likeness (QED) is 0.844. The number of rotatable bonds is 2. The summed E-state index contributed by atoms with van der Waals surface area (Å²) in [7, 11) is 0. The Bertz CT molecular complexity index is 743. The molecule has 102 valence electrons. The number of aromatic carboxylic acids is 1. The molecule has 0 bridgehead atoms. The minimum Gasteiger partial charge on any atom is -0.478 e. The highest BCUT2D eigenvalue weighted by molar-refractivity contribution is 5.92. The third kappa shape index (κ3) is 2.86. The molecular weight excluding hydrogens is 256 g/mol. The molecule has 2 rings (SSSR count). The summed E-state index contributed by atoms with van der Waals surface area (Å²) in [5.41, 5.74) is 1.16. The second-order valence-electron chi connectivity index (χ2n) is 5.54. The molecule has 0 radical (unpaired) electrons. The normalized spacial score (nSPS) is 12.4. The van der Waals surface area contributed by atoms with Crippen LogP contribution in [0.4, 0.5) is 0 Å². The van der Waals surface area contributed by atoms with Crippen LogP contribution in [0, 0.1) is 16.7 Å². The molecule has 0 saturated heterocycles. The van der Waals surface area contributed by atoms with Crippen molar-refractivity contribution in [2.75, 3.05) is 0 Å². The van der Waals surface area contributed by atoms with E-state index in [0.717, 1.165) is 0 Å². The highest BCUT2D eigenvalue weighted by Gasteiger charge is 2.16. The number of benzene rings is 1. The molecule has 1 aromatic heterocycles. The van der Waals surface area contributed by atoms with Gasteiger partial charge in [-0.05, 0) is 23.6 Å². The SMILES string of the molecule is CC(C)(C)/C=C(\C#N)c1nc2ccc(C(=O)O)cc2o1. The van der Waals surface area contributed by atoms with Crippen molar-refractivity contribution < 1.29 is 14.3 Å². The number of nitrogens with zero attached hydrogens (tertiary/aromatic N) is 2. The number of carboxylic acid groups (broad SMARTS) is 1. The number of oxazole rings is 1. The van der Waals surface area contributed by atoms with Gasteiger partial charge in [-0.3, -0.25) is 0 Å². The summed E-state index contributed by atoms with van der Waals surface area (Å²) < 4.78 is 5.49. The fourth-order valence-corrected chi connectivity index (χ4v) is 1.75. The zero-order valence-corrected chi connectivity index (χ0v) is 11.5. The number of aromatic nitrogens is 1. The Balaban J connectivity index is 2.54. The van der Waals surface area contributed by atoms with Crippen LogP contribution in [0.5, 0.6) is 0 Å². The van der Waals surface area contributed by atoms with E-state index in [1.54, 1.807) is 12.1 Å². The van der Waals surface area contributed by atoms with Gasteiger partial charge in [-0.15, -0.1) is 0 Å². The molecule has 0 spiro atoms. The summed E-state index contributed by atoms with van der Waals surface area (Å²) in [6, 6.07) is 6.49. The van der Waals surface area contributed by atoms with Crippen molar-refractivity contribution >= 4 is 22.6 Å². The molecule has 5 nitrogen and oxygen atoms in total. The Morgan fingerprint density at radius 3 is 2.70 bits per heavy atom. The van der Waals surface area contributed by atoms with E-state index < -0.39 is 5.97 Å². The molecule has 0 aliphatic rings. The standard InChI is InChI=1S/C15H14N2O3/c1-15(2,3)7-10(8-16)13-17-11-5-4-9(14(18)19)6-12(11)20-13/h4-7H,1-3H3,(H,18,19)/b10-7+. The number of fused-ring (bicyclic) bond motifs is 1. The molecular formula is C15H14N2O3. The van der Waals surface area contributed by atoms with Gasteiger partial charge in [-0.25, -0.2) is 9.78 Å². The Morgan fingerprint density at radius 2 is 2.15 bits per heavy atom. The van der Waals surface area contributed by atoms with Gasteiger partial charge in [-0.2, -0.15) is 5.26 Å². The van der Waals surface area contributed by atoms with Crippen LogP contribution in [-0.2, 0) is 0 Å². The third-order valence-electron chi connectivity index (χ3n) is 2.56. The maximum Gasteiger partial charge on any atom is 0.335 e. The average molecular weight is 270 g/mol. The fourth-order valence-electron chi connectivity index (χ4n) is 1.75. The van der Waals surface area contributed by atoms with E-state index >= 15 is 0 Å². The van der Waals surface area contributed by atoms with Crippen molar-refractivity contribution in [3.8, 4) is 6.07 Å². The number of allylic oxidation sites excluding steroid dienone is 2. The maximum absolute atomic E-state index is 10.9. The molecule has 5 heteroatoms. The summed E-state index contributed by atoms with van der Waals surface area (Å²) >= 11 is 0. The Hall–Kier alpha value is -2.61. The van der Waals surface area contributed by atoms with Crippen molar-refractivity contribution in [1.82, 2.24) is 4.98 Å². The summed E-state index contributed by atoms with van der Waals surface area (Å²) in [6.07, 6.45) is 1.77. The average Bonchev–Trinajstić information content (AvgIpc) is 2.77.